The van der Waals surface area contributed by atoms with E-state index < -0.39 is 29.6 Å². The molecular weight excluding hydrogens is 542 g/mol. The van der Waals surface area contributed by atoms with Gasteiger partial charge in [-0.05, 0) is 59.2 Å². The standard InChI is InChI=1S/C32H33NO9/c1-38-22-11-8-20(9-12-22)30-31(24(34)13-6-19-7-14-26(39-2)28(16-19)41-4)25(35)18-23(32(30)33(36)37)21-10-15-27(40-3)29(17-21)42-5/h6-17,23,30-32H,18H2,1-5H3/b13-6+. The molecule has 220 valence electrons. The van der Waals surface area contributed by atoms with Crippen molar-refractivity contribution in [1.29, 1.82) is 0 Å². The van der Waals surface area contributed by atoms with Crippen molar-refractivity contribution in [1.82, 2.24) is 0 Å². The van der Waals surface area contributed by atoms with Crippen molar-refractivity contribution in [2.45, 2.75) is 24.3 Å². The molecule has 4 atom stereocenters. The zero-order chi connectivity index (χ0) is 30.4. The Morgan fingerprint density at radius 3 is 1.93 bits per heavy atom. The highest BCUT2D eigenvalue weighted by molar-refractivity contribution is 6.10. The lowest BCUT2D eigenvalue weighted by atomic mass is 9.64. The summed E-state index contributed by atoms with van der Waals surface area (Å²) in [5, 5.41) is 12.8. The van der Waals surface area contributed by atoms with E-state index in [9.17, 15) is 19.7 Å². The topological polar surface area (TPSA) is 123 Å². The maximum absolute atomic E-state index is 13.8. The lowest BCUT2D eigenvalue weighted by Crippen LogP contribution is -2.48. The number of rotatable bonds is 11. The molecule has 10 heteroatoms. The summed E-state index contributed by atoms with van der Waals surface area (Å²) in [7, 11) is 7.50. The van der Waals surface area contributed by atoms with Gasteiger partial charge in [0.05, 0.1) is 53.3 Å². The molecule has 0 radical (unpaired) electrons. The summed E-state index contributed by atoms with van der Waals surface area (Å²) in [6.45, 7) is 0. The van der Waals surface area contributed by atoms with E-state index in [2.05, 4.69) is 0 Å². The van der Waals surface area contributed by atoms with Gasteiger partial charge in [0, 0.05) is 11.3 Å². The number of Topliss-reactive ketones (excluding diaryl/α,β-unsaturated/α-hetero) is 1. The molecule has 4 unspecified atom stereocenters. The molecule has 0 saturated heterocycles. The molecule has 0 bridgehead atoms. The number of ketones is 2. The highest BCUT2D eigenvalue weighted by Crippen LogP contribution is 2.47. The number of nitrogens with zero attached hydrogens (tertiary/aromatic N) is 1. The van der Waals surface area contributed by atoms with Crippen molar-refractivity contribution >= 4 is 17.6 Å². The highest BCUT2D eigenvalue weighted by Gasteiger charge is 2.54. The van der Waals surface area contributed by atoms with Crippen LogP contribution in [0.25, 0.3) is 6.08 Å². The number of allylic oxidation sites excluding steroid dienone is 1. The molecule has 0 N–H and O–H groups in total. The van der Waals surface area contributed by atoms with Gasteiger partial charge in [-0.2, -0.15) is 0 Å². The number of ether oxygens (including phenoxy) is 5. The smallest absolute Gasteiger partial charge is 0.228 e. The van der Waals surface area contributed by atoms with Crippen molar-refractivity contribution in [3.05, 3.63) is 93.5 Å². The van der Waals surface area contributed by atoms with Gasteiger partial charge in [-0.1, -0.05) is 30.3 Å². The molecule has 0 aromatic heterocycles. The van der Waals surface area contributed by atoms with Crippen molar-refractivity contribution < 1.29 is 38.2 Å². The maximum atomic E-state index is 13.8. The third-order valence-electron chi connectivity index (χ3n) is 7.64. The van der Waals surface area contributed by atoms with Crippen molar-refractivity contribution in [3.63, 3.8) is 0 Å². The van der Waals surface area contributed by atoms with E-state index in [0.29, 0.717) is 45.4 Å². The van der Waals surface area contributed by atoms with Gasteiger partial charge >= 0.3 is 0 Å². The van der Waals surface area contributed by atoms with E-state index >= 15 is 0 Å². The van der Waals surface area contributed by atoms with Gasteiger partial charge in [-0.15, -0.1) is 0 Å². The van der Waals surface area contributed by atoms with Crippen LogP contribution in [-0.2, 0) is 9.59 Å². The van der Waals surface area contributed by atoms with Crippen LogP contribution in [0.3, 0.4) is 0 Å². The predicted octanol–water partition coefficient (Wildman–Crippen LogP) is 5.11. The fourth-order valence-corrected chi connectivity index (χ4v) is 5.58. The molecule has 3 aromatic rings. The molecule has 4 rings (SSSR count). The minimum atomic E-state index is -1.28. The van der Waals surface area contributed by atoms with E-state index in [0.717, 1.165) is 0 Å². The summed E-state index contributed by atoms with van der Waals surface area (Å²) >= 11 is 0. The fourth-order valence-electron chi connectivity index (χ4n) is 5.58. The van der Waals surface area contributed by atoms with Crippen LogP contribution in [0.1, 0.15) is 34.9 Å². The second kappa shape index (κ2) is 13.2. The molecule has 0 heterocycles. The quantitative estimate of drug-likeness (QED) is 0.133. The second-order valence-electron chi connectivity index (χ2n) is 9.79. The number of carbonyl (C=O) groups excluding carboxylic acids is 2. The molecule has 1 aliphatic rings. The lowest BCUT2D eigenvalue weighted by Gasteiger charge is -2.37. The van der Waals surface area contributed by atoms with Crippen LogP contribution >= 0.6 is 0 Å². The van der Waals surface area contributed by atoms with Crippen LogP contribution in [0, 0.1) is 16.0 Å². The van der Waals surface area contributed by atoms with Crippen LogP contribution in [0.4, 0.5) is 0 Å². The first-order chi connectivity index (χ1) is 20.3. The van der Waals surface area contributed by atoms with Crippen LogP contribution in [0.5, 0.6) is 28.7 Å². The third-order valence-corrected chi connectivity index (χ3v) is 7.64. The summed E-state index contributed by atoms with van der Waals surface area (Å²) < 4.78 is 26.6. The first kappa shape index (κ1) is 30.1. The Morgan fingerprint density at radius 1 is 0.786 bits per heavy atom. The van der Waals surface area contributed by atoms with Crippen LogP contribution in [0.2, 0.25) is 0 Å². The van der Waals surface area contributed by atoms with Crippen LogP contribution in [-0.4, -0.2) is 58.1 Å². The van der Waals surface area contributed by atoms with Crippen molar-refractivity contribution in [2.75, 3.05) is 35.5 Å². The zero-order valence-corrected chi connectivity index (χ0v) is 24.1. The Kier molecular flexibility index (Phi) is 9.46. The lowest BCUT2D eigenvalue weighted by molar-refractivity contribution is -0.533. The summed E-state index contributed by atoms with van der Waals surface area (Å²) in [5.74, 6) is -1.60. The summed E-state index contributed by atoms with van der Waals surface area (Å²) in [6, 6.07) is 15.5. The summed E-state index contributed by atoms with van der Waals surface area (Å²) in [4.78, 5) is 39.9. The van der Waals surface area contributed by atoms with Crippen molar-refractivity contribution in [3.8, 4) is 28.7 Å². The van der Waals surface area contributed by atoms with Crippen molar-refractivity contribution in [2.24, 2.45) is 5.92 Å². The number of hydrogen-bond acceptors (Lipinski definition) is 9. The molecule has 0 spiro atoms. The normalized spacial score (nSPS) is 20.2. The summed E-state index contributed by atoms with van der Waals surface area (Å²) in [5.41, 5.74) is 1.68. The average Bonchev–Trinajstić information content (AvgIpc) is 3.02. The molecule has 0 aliphatic heterocycles. The Morgan fingerprint density at radius 2 is 1.36 bits per heavy atom. The number of benzene rings is 3. The van der Waals surface area contributed by atoms with E-state index in [1.165, 1.54) is 41.6 Å². The largest absolute Gasteiger partial charge is 0.497 e. The number of carbonyl (C=O) groups is 2. The maximum Gasteiger partial charge on any atom is 0.228 e. The second-order valence-corrected chi connectivity index (χ2v) is 9.79. The fraction of sp³-hybridized carbons (Fsp3) is 0.312. The minimum absolute atomic E-state index is 0.186. The molecule has 1 aliphatic carbocycles. The van der Waals surface area contributed by atoms with Crippen LogP contribution in [0.15, 0.2) is 66.7 Å². The summed E-state index contributed by atoms with van der Waals surface area (Å²) in [6.07, 6.45) is 2.67. The highest BCUT2D eigenvalue weighted by atomic mass is 16.6. The van der Waals surface area contributed by atoms with Gasteiger partial charge in [-0.3, -0.25) is 19.7 Å². The van der Waals surface area contributed by atoms with E-state index in [1.54, 1.807) is 66.7 Å². The van der Waals surface area contributed by atoms with E-state index in [4.69, 9.17) is 23.7 Å². The van der Waals surface area contributed by atoms with Gasteiger partial charge in [0.1, 0.15) is 11.5 Å². The van der Waals surface area contributed by atoms with Gasteiger partial charge in [0.2, 0.25) is 6.04 Å². The molecule has 42 heavy (non-hydrogen) atoms. The Labute approximate surface area is 244 Å². The average molecular weight is 576 g/mol. The number of hydrogen-bond donors (Lipinski definition) is 0. The number of methoxy groups -OCH3 is 5. The van der Waals surface area contributed by atoms with Gasteiger partial charge in [-0.25, -0.2) is 0 Å². The zero-order valence-electron chi connectivity index (χ0n) is 24.1. The first-order valence-corrected chi connectivity index (χ1v) is 13.2. The number of nitro groups is 1. The molecule has 1 fully saturated rings. The van der Waals surface area contributed by atoms with Crippen LogP contribution < -0.4 is 23.7 Å². The van der Waals surface area contributed by atoms with E-state index in [-0.39, 0.29) is 17.1 Å². The molecular formula is C32H33NO9. The molecule has 1 saturated carbocycles. The molecule has 10 nitrogen and oxygen atoms in total. The first-order valence-electron chi connectivity index (χ1n) is 13.2. The minimum Gasteiger partial charge on any atom is -0.497 e. The predicted molar refractivity (Wildman–Crippen MR) is 156 cm³/mol. The Hall–Kier alpha value is -4.86. The van der Waals surface area contributed by atoms with Gasteiger partial charge in [0.15, 0.2) is 28.8 Å². The molecule has 0 amide bonds. The van der Waals surface area contributed by atoms with E-state index in [1.807, 2.05) is 0 Å². The SMILES string of the molecule is COc1ccc(C2C(C(=O)/C=C/c3ccc(OC)c(OC)c3)C(=O)CC(c3ccc(OC)c(OC)c3)C2[N+](=O)[O-])cc1. The monoisotopic (exact) mass is 575 g/mol. The Balaban J connectivity index is 1.78. The third kappa shape index (κ3) is 6.07. The Bertz CT molecular complexity index is 1480. The van der Waals surface area contributed by atoms with Gasteiger partial charge in [0.25, 0.3) is 0 Å². The molecule has 3 aromatic carbocycles. The van der Waals surface area contributed by atoms with Gasteiger partial charge < -0.3 is 23.7 Å².